The molecule has 150 valence electrons. The van der Waals surface area contributed by atoms with Crippen LogP contribution in [0, 0.1) is 0 Å². The maximum Gasteiger partial charge on any atom is 0.336 e. The maximum absolute atomic E-state index is 12.4. The van der Waals surface area contributed by atoms with Gasteiger partial charge in [-0.25, -0.2) is 4.79 Å². The summed E-state index contributed by atoms with van der Waals surface area (Å²) in [6.07, 6.45) is 0.00244. The lowest BCUT2D eigenvalue weighted by molar-refractivity contribution is -0.140. The van der Waals surface area contributed by atoms with Crippen molar-refractivity contribution in [1.29, 1.82) is 0 Å². The summed E-state index contributed by atoms with van der Waals surface area (Å²) in [5.74, 6) is 0.151. The van der Waals surface area contributed by atoms with Crippen LogP contribution in [0.3, 0.4) is 0 Å². The molecule has 0 bridgehead atoms. The van der Waals surface area contributed by atoms with Crippen LogP contribution in [0.2, 0.25) is 5.02 Å². The average molecular weight is 414 g/mol. The number of hydrogen-bond donors (Lipinski definition) is 0. The standard InChI is InChI=1S/C22H20ClNO5/c1-14-12-24(7-8-27-14)21(25)13-28-20-11-19-17(9-18(20)23)16(10-22(26)29-19)15-5-3-2-4-6-15/h2-6,9-11,14H,7-8,12-13H2,1H3/t14-/m0/s1. The van der Waals surface area contributed by atoms with Gasteiger partial charge in [0, 0.05) is 30.6 Å². The number of morpholine rings is 1. The van der Waals surface area contributed by atoms with Gasteiger partial charge in [-0.2, -0.15) is 0 Å². The van der Waals surface area contributed by atoms with Gasteiger partial charge in [0.25, 0.3) is 5.91 Å². The number of ether oxygens (including phenoxy) is 2. The number of benzene rings is 2. The second-order valence-electron chi connectivity index (χ2n) is 6.93. The molecular formula is C22H20ClNO5. The van der Waals surface area contributed by atoms with Gasteiger partial charge in [0.2, 0.25) is 0 Å². The number of fused-ring (bicyclic) bond motifs is 1. The summed E-state index contributed by atoms with van der Waals surface area (Å²) in [7, 11) is 0. The van der Waals surface area contributed by atoms with Crippen LogP contribution in [0.15, 0.2) is 57.7 Å². The molecule has 7 heteroatoms. The molecule has 0 spiro atoms. The first-order chi connectivity index (χ1) is 14.0. The van der Waals surface area contributed by atoms with Crippen molar-refractivity contribution < 1.29 is 18.7 Å². The van der Waals surface area contributed by atoms with Gasteiger partial charge in [-0.15, -0.1) is 0 Å². The van der Waals surface area contributed by atoms with E-state index in [1.807, 2.05) is 37.3 Å². The third-order valence-electron chi connectivity index (χ3n) is 4.83. The molecule has 1 aromatic heterocycles. The van der Waals surface area contributed by atoms with Gasteiger partial charge in [-0.05, 0) is 24.1 Å². The highest BCUT2D eigenvalue weighted by Crippen LogP contribution is 2.34. The number of rotatable bonds is 4. The first kappa shape index (κ1) is 19.5. The number of hydrogen-bond acceptors (Lipinski definition) is 5. The highest BCUT2D eigenvalue weighted by molar-refractivity contribution is 6.33. The molecule has 0 unspecified atom stereocenters. The molecule has 4 rings (SSSR count). The molecule has 0 N–H and O–H groups in total. The van der Waals surface area contributed by atoms with Crippen LogP contribution in [0.25, 0.3) is 22.1 Å². The largest absolute Gasteiger partial charge is 0.482 e. The molecule has 0 radical (unpaired) electrons. The fourth-order valence-corrected chi connectivity index (χ4v) is 3.62. The third-order valence-corrected chi connectivity index (χ3v) is 5.12. The summed E-state index contributed by atoms with van der Waals surface area (Å²) < 4.78 is 16.5. The van der Waals surface area contributed by atoms with E-state index in [1.165, 1.54) is 6.07 Å². The highest BCUT2D eigenvalue weighted by Gasteiger charge is 2.22. The second kappa shape index (κ2) is 8.27. The van der Waals surface area contributed by atoms with E-state index >= 15 is 0 Å². The van der Waals surface area contributed by atoms with E-state index in [1.54, 1.807) is 17.0 Å². The Bertz CT molecular complexity index is 1100. The quantitative estimate of drug-likeness (QED) is 0.609. The number of nitrogens with zero attached hydrogens (tertiary/aromatic N) is 1. The molecule has 2 heterocycles. The fourth-order valence-electron chi connectivity index (χ4n) is 3.41. The SMILES string of the molecule is C[C@H]1CN(C(=O)COc2cc3oc(=O)cc(-c4ccccc4)c3cc2Cl)CCO1. The summed E-state index contributed by atoms with van der Waals surface area (Å²) >= 11 is 6.41. The Labute approximate surface area is 172 Å². The fraction of sp³-hybridized carbons (Fsp3) is 0.273. The zero-order valence-electron chi connectivity index (χ0n) is 15.9. The zero-order chi connectivity index (χ0) is 20.4. The predicted octanol–water partition coefficient (Wildman–Crippen LogP) is 3.74. The molecule has 3 aromatic rings. The average Bonchev–Trinajstić information content (AvgIpc) is 2.72. The Morgan fingerprint density at radius 3 is 2.79 bits per heavy atom. The Morgan fingerprint density at radius 2 is 2.03 bits per heavy atom. The van der Waals surface area contributed by atoms with E-state index in [2.05, 4.69) is 0 Å². The lowest BCUT2D eigenvalue weighted by atomic mass is 10.0. The molecule has 1 saturated heterocycles. The minimum absolute atomic E-state index is 0.00244. The molecule has 1 amide bonds. The molecule has 2 aromatic carbocycles. The van der Waals surface area contributed by atoms with Crippen LogP contribution in [-0.4, -0.2) is 43.2 Å². The topological polar surface area (TPSA) is 69.0 Å². The Balaban J connectivity index is 1.61. The van der Waals surface area contributed by atoms with Crippen LogP contribution in [-0.2, 0) is 9.53 Å². The van der Waals surface area contributed by atoms with Gasteiger partial charge in [-0.1, -0.05) is 41.9 Å². The van der Waals surface area contributed by atoms with Gasteiger partial charge in [0.1, 0.15) is 11.3 Å². The van der Waals surface area contributed by atoms with E-state index in [4.69, 9.17) is 25.5 Å². The first-order valence-electron chi connectivity index (χ1n) is 9.36. The summed E-state index contributed by atoms with van der Waals surface area (Å²) in [5.41, 5.74) is 1.49. The maximum atomic E-state index is 12.4. The molecule has 1 atom stereocenters. The van der Waals surface area contributed by atoms with Gasteiger partial charge in [0.05, 0.1) is 17.7 Å². The van der Waals surface area contributed by atoms with Crippen LogP contribution >= 0.6 is 11.6 Å². The number of carbonyl (C=O) groups is 1. The smallest absolute Gasteiger partial charge is 0.336 e. The molecule has 6 nitrogen and oxygen atoms in total. The molecule has 29 heavy (non-hydrogen) atoms. The molecule has 1 aliphatic rings. The van der Waals surface area contributed by atoms with E-state index in [9.17, 15) is 9.59 Å². The van der Waals surface area contributed by atoms with Crippen LogP contribution in [0.4, 0.5) is 0 Å². The van der Waals surface area contributed by atoms with Crippen molar-refractivity contribution in [3.63, 3.8) is 0 Å². The monoisotopic (exact) mass is 413 g/mol. The minimum atomic E-state index is -0.469. The third kappa shape index (κ3) is 4.28. The summed E-state index contributed by atoms with van der Waals surface area (Å²) in [6.45, 7) is 3.35. The molecule has 1 aliphatic heterocycles. The molecule has 0 aliphatic carbocycles. The van der Waals surface area contributed by atoms with Crippen LogP contribution < -0.4 is 10.4 Å². The molecule has 0 saturated carbocycles. The zero-order valence-corrected chi connectivity index (χ0v) is 16.6. The lowest BCUT2D eigenvalue weighted by Gasteiger charge is -2.31. The van der Waals surface area contributed by atoms with Crippen molar-refractivity contribution in [2.45, 2.75) is 13.0 Å². The normalized spacial score (nSPS) is 16.8. The lowest BCUT2D eigenvalue weighted by Crippen LogP contribution is -2.46. The van der Waals surface area contributed by atoms with Crippen molar-refractivity contribution in [3.8, 4) is 16.9 Å². The molecular weight excluding hydrogens is 394 g/mol. The highest BCUT2D eigenvalue weighted by atomic mass is 35.5. The summed E-state index contributed by atoms with van der Waals surface area (Å²) in [4.78, 5) is 26.2. The first-order valence-corrected chi connectivity index (χ1v) is 9.74. The second-order valence-corrected chi connectivity index (χ2v) is 7.34. The van der Waals surface area contributed by atoms with E-state index in [0.717, 1.165) is 11.1 Å². The van der Waals surface area contributed by atoms with Gasteiger partial charge < -0.3 is 18.8 Å². The summed E-state index contributed by atoms with van der Waals surface area (Å²) in [6, 6.07) is 14.2. The van der Waals surface area contributed by atoms with E-state index in [0.29, 0.717) is 41.4 Å². The van der Waals surface area contributed by atoms with Gasteiger partial charge >= 0.3 is 5.63 Å². The Hall–Kier alpha value is -2.83. The van der Waals surface area contributed by atoms with Crippen molar-refractivity contribution >= 4 is 28.5 Å². The predicted molar refractivity (Wildman–Crippen MR) is 110 cm³/mol. The summed E-state index contributed by atoms with van der Waals surface area (Å²) in [5, 5.41) is 1.04. The van der Waals surface area contributed by atoms with Crippen molar-refractivity contribution in [2.24, 2.45) is 0 Å². The van der Waals surface area contributed by atoms with Crippen LogP contribution in [0.1, 0.15) is 6.92 Å². The number of amides is 1. The van der Waals surface area contributed by atoms with Crippen molar-refractivity contribution in [2.75, 3.05) is 26.3 Å². The number of carbonyl (C=O) groups excluding carboxylic acids is 1. The molecule has 1 fully saturated rings. The van der Waals surface area contributed by atoms with Crippen molar-refractivity contribution in [3.05, 3.63) is 64.0 Å². The van der Waals surface area contributed by atoms with E-state index in [-0.39, 0.29) is 18.6 Å². The Kier molecular flexibility index (Phi) is 5.56. The van der Waals surface area contributed by atoms with Crippen LogP contribution in [0.5, 0.6) is 5.75 Å². The number of halogens is 1. The van der Waals surface area contributed by atoms with Gasteiger partial charge in [-0.3, -0.25) is 4.79 Å². The Morgan fingerprint density at radius 1 is 1.24 bits per heavy atom. The van der Waals surface area contributed by atoms with Gasteiger partial charge in [0.15, 0.2) is 6.61 Å². The van der Waals surface area contributed by atoms with Crippen molar-refractivity contribution in [1.82, 2.24) is 4.90 Å². The minimum Gasteiger partial charge on any atom is -0.482 e. The van der Waals surface area contributed by atoms with E-state index < -0.39 is 5.63 Å².